The molecule has 3 atom stereocenters. The number of nitrogens with zero attached hydrogens (tertiary/aromatic N) is 3. The number of hydrogen-bond acceptors (Lipinski definition) is 8. The smallest absolute Gasteiger partial charge is 0.173 e. The number of likely N-dealkylation sites (tertiary alicyclic amines) is 1. The Labute approximate surface area is 215 Å². The third kappa shape index (κ3) is 4.52. The van der Waals surface area contributed by atoms with Crippen LogP contribution in [0.1, 0.15) is 46.6 Å². The molecule has 36 heavy (non-hydrogen) atoms. The fourth-order valence-electron chi connectivity index (χ4n) is 4.94. The Morgan fingerprint density at radius 3 is 2.50 bits per heavy atom. The molecule has 5 rings (SSSR count). The van der Waals surface area contributed by atoms with Gasteiger partial charge in [0.2, 0.25) is 0 Å². The lowest BCUT2D eigenvalue weighted by Crippen LogP contribution is -2.51. The van der Waals surface area contributed by atoms with Crippen molar-refractivity contribution < 1.29 is 14.6 Å². The number of aliphatic hydroxyl groups is 1. The number of aromatic nitrogens is 2. The van der Waals surface area contributed by atoms with Crippen LogP contribution in [0.25, 0.3) is 10.9 Å². The molecule has 2 N–H and O–H groups in total. The van der Waals surface area contributed by atoms with Gasteiger partial charge in [0.25, 0.3) is 0 Å². The van der Waals surface area contributed by atoms with Crippen molar-refractivity contribution in [1.82, 2.24) is 14.9 Å². The summed E-state index contributed by atoms with van der Waals surface area (Å²) >= 11 is 1.80. The molecule has 0 bridgehead atoms. The highest BCUT2D eigenvalue weighted by Gasteiger charge is 2.36. The zero-order valence-electron chi connectivity index (χ0n) is 21.1. The van der Waals surface area contributed by atoms with Gasteiger partial charge in [0.05, 0.1) is 43.8 Å². The zero-order valence-corrected chi connectivity index (χ0v) is 21.9. The Morgan fingerprint density at radius 1 is 1.06 bits per heavy atom. The number of benzene rings is 2. The maximum atomic E-state index is 9.87. The van der Waals surface area contributed by atoms with E-state index in [1.165, 1.54) is 15.3 Å². The third-order valence-corrected chi connectivity index (χ3v) is 8.18. The molecule has 1 saturated heterocycles. The van der Waals surface area contributed by atoms with Crippen LogP contribution < -0.4 is 14.8 Å². The minimum atomic E-state index is 0.0126. The van der Waals surface area contributed by atoms with Crippen LogP contribution in [0.5, 0.6) is 11.5 Å². The number of ether oxygens (including phenoxy) is 2. The molecule has 1 aliphatic heterocycles. The second kappa shape index (κ2) is 10.4. The van der Waals surface area contributed by atoms with Gasteiger partial charge in [-0.1, -0.05) is 30.3 Å². The van der Waals surface area contributed by atoms with E-state index in [2.05, 4.69) is 58.5 Å². The summed E-state index contributed by atoms with van der Waals surface area (Å²) in [5.41, 5.74) is 2.05. The first kappa shape index (κ1) is 24.5. The Balaban J connectivity index is 1.48. The van der Waals surface area contributed by atoms with Crippen LogP contribution in [0.2, 0.25) is 0 Å². The molecule has 3 heterocycles. The summed E-state index contributed by atoms with van der Waals surface area (Å²) in [5.74, 6) is 2.67. The van der Waals surface area contributed by atoms with Gasteiger partial charge in [0, 0.05) is 22.3 Å². The van der Waals surface area contributed by atoms with Crippen molar-refractivity contribution in [2.24, 2.45) is 0 Å². The van der Waals surface area contributed by atoms with Gasteiger partial charge in [0.1, 0.15) is 11.6 Å². The summed E-state index contributed by atoms with van der Waals surface area (Å²) in [6, 6.07) is 19.1. The maximum Gasteiger partial charge on any atom is 0.173 e. The van der Waals surface area contributed by atoms with Crippen LogP contribution in [0.15, 0.2) is 54.6 Å². The lowest BCUT2D eigenvalue weighted by atomic mass is 9.95. The largest absolute Gasteiger partial charge is 0.493 e. The van der Waals surface area contributed by atoms with Crippen LogP contribution in [0.3, 0.4) is 0 Å². The van der Waals surface area contributed by atoms with Crippen LogP contribution in [-0.4, -0.2) is 53.4 Å². The van der Waals surface area contributed by atoms with Gasteiger partial charge in [-0.2, -0.15) is 0 Å². The number of nitrogens with one attached hydrogen (secondary N) is 1. The average Bonchev–Trinajstić information content (AvgIpc) is 3.36. The highest BCUT2D eigenvalue weighted by molar-refractivity contribution is 7.12. The number of fused-ring (bicyclic) bond motifs is 1. The fraction of sp³-hybridized carbons (Fsp3) is 0.357. The third-order valence-electron chi connectivity index (χ3n) is 6.86. The molecule has 188 valence electrons. The van der Waals surface area contributed by atoms with Crippen LogP contribution >= 0.6 is 11.3 Å². The molecule has 1 aliphatic rings. The number of anilines is 1. The molecule has 3 unspecified atom stereocenters. The van der Waals surface area contributed by atoms with Gasteiger partial charge in [0.15, 0.2) is 11.5 Å². The molecule has 2 aromatic carbocycles. The van der Waals surface area contributed by atoms with Crippen molar-refractivity contribution in [3.63, 3.8) is 0 Å². The van der Waals surface area contributed by atoms with Crippen LogP contribution in [0.4, 0.5) is 5.82 Å². The van der Waals surface area contributed by atoms with Crippen molar-refractivity contribution >= 4 is 28.1 Å². The van der Waals surface area contributed by atoms with E-state index in [9.17, 15) is 5.11 Å². The number of thiophene rings is 1. The van der Waals surface area contributed by atoms with E-state index in [4.69, 9.17) is 14.5 Å². The molecule has 0 aliphatic carbocycles. The van der Waals surface area contributed by atoms with Crippen molar-refractivity contribution in [2.45, 2.75) is 38.4 Å². The first-order valence-corrected chi connectivity index (χ1v) is 13.0. The first-order valence-electron chi connectivity index (χ1n) is 12.2. The van der Waals surface area contributed by atoms with E-state index in [1.54, 1.807) is 25.6 Å². The molecule has 8 heteroatoms. The topological polar surface area (TPSA) is 79.7 Å². The lowest BCUT2D eigenvalue weighted by molar-refractivity contribution is 0.0184. The summed E-state index contributed by atoms with van der Waals surface area (Å²) in [5, 5.41) is 14.3. The molecular formula is C28H32N4O3S. The summed E-state index contributed by atoms with van der Waals surface area (Å²) < 4.78 is 11.2. The quantitative estimate of drug-likeness (QED) is 0.318. The van der Waals surface area contributed by atoms with Crippen molar-refractivity contribution in [3.05, 3.63) is 75.7 Å². The fourth-order valence-corrected chi connectivity index (χ4v) is 6.10. The lowest BCUT2D eigenvalue weighted by Gasteiger charge is -2.45. The van der Waals surface area contributed by atoms with Crippen LogP contribution in [-0.2, 0) is 0 Å². The predicted octanol–water partition coefficient (Wildman–Crippen LogP) is 5.35. The summed E-state index contributed by atoms with van der Waals surface area (Å²) in [7, 11) is 3.26. The van der Waals surface area contributed by atoms with Gasteiger partial charge in [-0.3, -0.25) is 4.90 Å². The SMILES string of the molecule is COc1ccc2nc(C)nc(NC(C)c3ccc(C(c4ccccc4)N4CCC4CO)s3)c2c1OC. The standard InChI is InChI=1S/C28H32N4O3S/c1-17(29-28-25-21(30-18(2)31-28)10-11-22(34-3)27(25)35-4)23-12-13-24(36-23)26(19-8-6-5-7-9-19)32-15-14-20(32)16-33/h5-13,17,20,26,33H,14-16H2,1-4H3,(H,29,30,31). The average molecular weight is 505 g/mol. The van der Waals surface area contributed by atoms with Crippen molar-refractivity contribution in [1.29, 1.82) is 0 Å². The summed E-state index contributed by atoms with van der Waals surface area (Å²) in [4.78, 5) is 14.2. The number of aliphatic hydroxyl groups excluding tert-OH is 1. The molecule has 7 nitrogen and oxygen atoms in total. The van der Waals surface area contributed by atoms with E-state index in [0.717, 1.165) is 29.7 Å². The van der Waals surface area contributed by atoms with E-state index in [-0.39, 0.29) is 24.7 Å². The second-order valence-corrected chi connectivity index (χ2v) is 10.2. The van der Waals surface area contributed by atoms with Crippen LogP contribution in [0, 0.1) is 6.92 Å². The Bertz CT molecular complexity index is 1340. The van der Waals surface area contributed by atoms with Gasteiger partial charge in [-0.15, -0.1) is 11.3 Å². The predicted molar refractivity (Wildman–Crippen MR) is 144 cm³/mol. The monoisotopic (exact) mass is 504 g/mol. The Hall–Kier alpha value is -3.20. The number of methoxy groups -OCH3 is 2. The molecule has 0 saturated carbocycles. The summed E-state index contributed by atoms with van der Waals surface area (Å²) in [6.45, 7) is 5.21. The highest BCUT2D eigenvalue weighted by atomic mass is 32.1. The summed E-state index contributed by atoms with van der Waals surface area (Å²) in [6.07, 6.45) is 1.03. The highest BCUT2D eigenvalue weighted by Crippen LogP contribution is 2.42. The molecule has 0 amide bonds. The van der Waals surface area contributed by atoms with Gasteiger partial charge in [-0.05, 0) is 50.1 Å². The molecular weight excluding hydrogens is 472 g/mol. The van der Waals surface area contributed by atoms with Crippen molar-refractivity contribution in [2.75, 3.05) is 32.7 Å². The molecule has 2 aromatic heterocycles. The van der Waals surface area contributed by atoms with E-state index in [1.807, 2.05) is 25.1 Å². The molecule has 0 radical (unpaired) electrons. The number of aryl methyl sites for hydroxylation is 1. The minimum absolute atomic E-state index is 0.0126. The van der Waals surface area contributed by atoms with Gasteiger partial charge >= 0.3 is 0 Å². The molecule has 1 fully saturated rings. The second-order valence-electron chi connectivity index (χ2n) is 9.10. The van der Waals surface area contributed by atoms with E-state index >= 15 is 0 Å². The van der Waals surface area contributed by atoms with E-state index in [0.29, 0.717) is 17.3 Å². The Kier molecular flexibility index (Phi) is 7.09. The molecule has 0 spiro atoms. The maximum absolute atomic E-state index is 9.87. The first-order chi connectivity index (χ1) is 17.5. The zero-order chi connectivity index (χ0) is 25.2. The van der Waals surface area contributed by atoms with Gasteiger partial charge < -0.3 is 19.9 Å². The Morgan fingerprint density at radius 2 is 1.83 bits per heavy atom. The number of hydrogen-bond donors (Lipinski definition) is 2. The van der Waals surface area contributed by atoms with Crippen molar-refractivity contribution in [3.8, 4) is 11.5 Å². The van der Waals surface area contributed by atoms with Gasteiger partial charge in [-0.25, -0.2) is 9.97 Å². The molecule has 4 aromatic rings. The van der Waals surface area contributed by atoms with E-state index < -0.39 is 0 Å². The minimum Gasteiger partial charge on any atom is -0.493 e. The number of rotatable bonds is 9. The normalized spacial score (nSPS) is 17.4.